The number of methoxy groups -OCH3 is 1. The number of hydrogen-bond acceptors (Lipinski definition) is 3. The van der Waals surface area contributed by atoms with Gasteiger partial charge in [0.1, 0.15) is 0 Å². The minimum absolute atomic E-state index is 0.177. The summed E-state index contributed by atoms with van der Waals surface area (Å²) in [7, 11) is 1.56. The molecule has 30 heavy (non-hydrogen) atoms. The van der Waals surface area contributed by atoms with Crippen molar-refractivity contribution >= 4 is 43.5 Å². The molecule has 0 aliphatic carbocycles. The molecule has 0 radical (unpaired) electrons. The van der Waals surface area contributed by atoms with Crippen LogP contribution in [0.2, 0.25) is 0 Å². The Morgan fingerprint density at radius 1 is 0.967 bits per heavy atom. The van der Waals surface area contributed by atoms with E-state index >= 15 is 0 Å². The van der Waals surface area contributed by atoms with E-state index in [1.54, 1.807) is 12.1 Å². The summed E-state index contributed by atoms with van der Waals surface area (Å²) in [4.78, 5) is 13.5. The molecule has 152 valence electrons. The number of benzene rings is 3. The molecule has 0 saturated carbocycles. The molecule has 0 aromatic heterocycles. The predicted octanol–water partition coefficient (Wildman–Crippen LogP) is 6.28. The maximum Gasteiger partial charge on any atom is 0.276 e. The van der Waals surface area contributed by atoms with Crippen LogP contribution in [0.4, 0.5) is 0 Å². The Hall–Kier alpha value is -2.28. The lowest BCUT2D eigenvalue weighted by Crippen LogP contribution is -2.32. The van der Waals surface area contributed by atoms with Crippen molar-refractivity contribution in [3.8, 4) is 0 Å². The number of carbonyl (C=O) groups is 1. The second-order valence-electron chi connectivity index (χ2n) is 7.03. The van der Waals surface area contributed by atoms with Crippen molar-refractivity contribution in [2.75, 3.05) is 7.11 Å². The number of halogens is 2. The largest absolute Gasteiger partial charge is 0.367 e. The Labute approximate surface area is 192 Å². The Balaban J connectivity index is 1.71. The average Bonchev–Trinajstić information content (AvgIpc) is 3.21. The molecule has 3 aromatic rings. The van der Waals surface area contributed by atoms with Crippen LogP contribution in [0.1, 0.15) is 35.3 Å². The first-order valence-corrected chi connectivity index (χ1v) is 11.1. The van der Waals surface area contributed by atoms with Gasteiger partial charge in [0.15, 0.2) is 6.10 Å². The topological polar surface area (TPSA) is 41.9 Å². The van der Waals surface area contributed by atoms with Gasteiger partial charge in [0, 0.05) is 22.5 Å². The maximum absolute atomic E-state index is 13.5. The van der Waals surface area contributed by atoms with E-state index in [1.165, 1.54) is 0 Å². The van der Waals surface area contributed by atoms with Crippen LogP contribution < -0.4 is 0 Å². The predicted molar refractivity (Wildman–Crippen MR) is 125 cm³/mol. The first-order valence-electron chi connectivity index (χ1n) is 9.56. The molecule has 0 N–H and O–H groups in total. The van der Waals surface area contributed by atoms with Crippen LogP contribution in [0.5, 0.6) is 0 Å². The molecule has 4 rings (SSSR count). The summed E-state index contributed by atoms with van der Waals surface area (Å²) in [6.07, 6.45) is -0.0718. The lowest BCUT2D eigenvalue weighted by atomic mass is 9.98. The molecular formula is C24H20Br2N2O2. The normalized spacial score (nSPS) is 17.0. The van der Waals surface area contributed by atoms with E-state index in [2.05, 4.69) is 31.9 Å². The van der Waals surface area contributed by atoms with Gasteiger partial charge in [0.2, 0.25) is 0 Å². The van der Waals surface area contributed by atoms with Gasteiger partial charge in [-0.15, -0.1) is 0 Å². The SMILES string of the molecule is COC(C(=O)N1N=C(c2ccc(Br)cc2)CC1c1ccc(Br)cc1)c1ccccc1. The van der Waals surface area contributed by atoms with Crippen molar-refractivity contribution in [2.24, 2.45) is 5.10 Å². The number of nitrogens with zero attached hydrogens (tertiary/aromatic N) is 2. The maximum atomic E-state index is 13.5. The summed E-state index contributed by atoms with van der Waals surface area (Å²) in [5, 5.41) is 6.34. The smallest absolute Gasteiger partial charge is 0.276 e. The first kappa shape index (κ1) is 21.0. The zero-order chi connectivity index (χ0) is 21.1. The van der Waals surface area contributed by atoms with Crippen LogP contribution in [0, 0.1) is 0 Å². The quantitative estimate of drug-likeness (QED) is 0.392. The number of hydrazone groups is 1. The first-order chi connectivity index (χ1) is 14.6. The summed E-state index contributed by atoms with van der Waals surface area (Å²) in [5.74, 6) is -0.177. The molecule has 1 amide bonds. The fourth-order valence-corrected chi connectivity index (χ4v) is 4.13. The highest BCUT2D eigenvalue weighted by molar-refractivity contribution is 9.10. The van der Waals surface area contributed by atoms with E-state index in [4.69, 9.17) is 9.84 Å². The van der Waals surface area contributed by atoms with Crippen LogP contribution in [-0.4, -0.2) is 23.7 Å². The highest BCUT2D eigenvalue weighted by atomic mass is 79.9. The number of hydrogen-bond donors (Lipinski definition) is 0. The molecule has 2 unspecified atom stereocenters. The molecule has 0 spiro atoms. The number of ether oxygens (including phenoxy) is 1. The van der Waals surface area contributed by atoms with Gasteiger partial charge in [-0.2, -0.15) is 5.10 Å². The lowest BCUT2D eigenvalue weighted by Gasteiger charge is -2.26. The van der Waals surface area contributed by atoms with E-state index in [-0.39, 0.29) is 11.9 Å². The molecular weight excluding hydrogens is 508 g/mol. The Kier molecular flexibility index (Phi) is 6.46. The molecule has 4 nitrogen and oxygen atoms in total. The van der Waals surface area contributed by atoms with Crippen LogP contribution in [0.3, 0.4) is 0 Å². The van der Waals surface area contributed by atoms with Gasteiger partial charge in [-0.1, -0.05) is 86.5 Å². The second kappa shape index (κ2) is 9.25. The summed E-state index contributed by atoms with van der Waals surface area (Å²) in [5.41, 5.74) is 3.73. The zero-order valence-electron chi connectivity index (χ0n) is 16.3. The van der Waals surface area contributed by atoms with Gasteiger partial charge < -0.3 is 4.74 Å². The molecule has 2 atom stereocenters. The Bertz CT molecular complexity index is 1050. The molecule has 0 bridgehead atoms. The highest BCUT2D eigenvalue weighted by Gasteiger charge is 2.37. The third-order valence-electron chi connectivity index (χ3n) is 5.13. The van der Waals surface area contributed by atoms with Crippen molar-refractivity contribution in [3.05, 3.63) is 104 Å². The van der Waals surface area contributed by atoms with Crippen LogP contribution in [0.15, 0.2) is 92.9 Å². The standard InChI is InChI=1S/C24H20Br2N2O2/c1-30-23(18-5-3-2-4-6-18)24(29)28-22(17-9-13-20(26)14-10-17)15-21(27-28)16-7-11-19(25)12-8-16/h2-14,22-23H,15H2,1H3. The van der Waals surface area contributed by atoms with Gasteiger partial charge in [0.25, 0.3) is 5.91 Å². The van der Waals surface area contributed by atoms with E-state index in [0.717, 1.165) is 31.3 Å². The molecule has 1 heterocycles. The van der Waals surface area contributed by atoms with Crippen LogP contribution in [-0.2, 0) is 9.53 Å². The van der Waals surface area contributed by atoms with Crippen molar-refractivity contribution in [1.82, 2.24) is 5.01 Å². The number of rotatable bonds is 5. The Morgan fingerprint density at radius 3 is 2.17 bits per heavy atom. The summed E-state index contributed by atoms with van der Waals surface area (Å²) in [6.45, 7) is 0. The number of amides is 1. The third kappa shape index (κ3) is 4.41. The van der Waals surface area contributed by atoms with E-state index in [0.29, 0.717) is 6.42 Å². The van der Waals surface area contributed by atoms with Gasteiger partial charge >= 0.3 is 0 Å². The zero-order valence-corrected chi connectivity index (χ0v) is 19.5. The molecule has 1 aliphatic rings. The summed E-state index contributed by atoms with van der Waals surface area (Å²) in [6, 6.07) is 25.4. The lowest BCUT2D eigenvalue weighted by molar-refractivity contribution is -0.144. The fourth-order valence-electron chi connectivity index (χ4n) is 3.60. The molecule has 0 fully saturated rings. The minimum Gasteiger partial charge on any atom is -0.367 e. The van der Waals surface area contributed by atoms with Crippen molar-refractivity contribution in [3.63, 3.8) is 0 Å². The van der Waals surface area contributed by atoms with Gasteiger partial charge in [-0.25, -0.2) is 5.01 Å². The molecule has 3 aromatic carbocycles. The van der Waals surface area contributed by atoms with Gasteiger partial charge in [-0.3, -0.25) is 4.79 Å². The minimum atomic E-state index is -0.711. The molecule has 6 heteroatoms. The van der Waals surface area contributed by atoms with Crippen LogP contribution >= 0.6 is 31.9 Å². The van der Waals surface area contributed by atoms with Crippen molar-refractivity contribution < 1.29 is 9.53 Å². The summed E-state index contributed by atoms with van der Waals surface area (Å²) < 4.78 is 7.60. The van der Waals surface area contributed by atoms with Gasteiger partial charge in [-0.05, 0) is 41.0 Å². The van der Waals surface area contributed by atoms with E-state index < -0.39 is 6.10 Å². The fraction of sp³-hybridized carbons (Fsp3) is 0.167. The van der Waals surface area contributed by atoms with Crippen molar-refractivity contribution in [1.29, 1.82) is 0 Å². The van der Waals surface area contributed by atoms with Gasteiger partial charge in [0.05, 0.1) is 11.8 Å². The number of carbonyl (C=O) groups excluding carboxylic acids is 1. The summed E-state index contributed by atoms with van der Waals surface area (Å²) >= 11 is 6.96. The molecule has 0 saturated heterocycles. The van der Waals surface area contributed by atoms with Crippen LogP contribution in [0.25, 0.3) is 0 Å². The second-order valence-corrected chi connectivity index (χ2v) is 8.87. The van der Waals surface area contributed by atoms with E-state index in [1.807, 2.05) is 78.9 Å². The van der Waals surface area contributed by atoms with Crippen molar-refractivity contribution in [2.45, 2.75) is 18.6 Å². The molecule has 1 aliphatic heterocycles. The highest BCUT2D eigenvalue weighted by Crippen LogP contribution is 2.36. The monoisotopic (exact) mass is 526 g/mol. The third-order valence-corrected chi connectivity index (χ3v) is 6.19. The Morgan fingerprint density at radius 2 is 1.57 bits per heavy atom. The average molecular weight is 528 g/mol. The van der Waals surface area contributed by atoms with E-state index in [9.17, 15) is 4.79 Å².